The Labute approximate surface area is 167 Å². The molecule has 7 heteroatoms. The minimum atomic E-state index is -2.42. The van der Waals surface area contributed by atoms with E-state index in [1.165, 1.54) is 83.5 Å². The van der Waals surface area contributed by atoms with Gasteiger partial charge in [-0.1, -0.05) is 96.8 Å². The van der Waals surface area contributed by atoms with Gasteiger partial charge in [0.15, 0.2) is 0 Å². The molecule has 0 aromatic rings. The quantitative estimate of drug-likeness (QED) is 0.301. The van der Waals surface area contributed by atoms with E-state index in [1.54, 1.807) is 0 Å². The van der Waals surface area contributed by atoms with Crippen LogP contribution in [0.5, 0.6) is 0 Å². The molecule has 0 saturated heterocycles. The average molecular weight is 410 g/mol. The van der Waals surface area contributed by atoms with Crippen LogP contribution in [0.4, 0.5) is 0 Å². The third-order valence-corrected chi connectivity index (χ3v) is 3.98. The number of hydrogen-bond acceptors (Lipinski definition) is 5. The summed E-state index contributed by atoms with van der Waals surface area (Å²) in [6, 6.07) is 0. The summed E-state index contributed by atoms with van der Waals surface area (Å²) < 4.78 is 0. The molecular formula is C18H37BO5Zn. The first-order chi connectivity index (χ1) is 11.5. The van der Waals surface area contributed by atoms with Crippen LogP contribution in [0.15, 0.2) is 0 Å². The Balaban J connectivity index is -0.000000867. The smallest absolute Gasteiger partial charge is 0.832 e. The van der Waals surface area contributed by atoms with E-state index in [0.717, 1.165) is 12.8 Å². The van der Waals surface area contributed by atoms with E-state index in [-0.39, 0.29) is 25.9 Å². The van der Waals surface area contributed by atoms with Crippen LogP contribution in [0, 0.1) is 0 Å². The van der Waals surface area contributed by atoms with E-state index >= 15 is 0 Å². The second-order valence-corrected chi connectivity index (χ2v) is 6.40. The number of rotatable bonds is 16. The largest absolute Gasteiger partial charge is 2.00 e. The second-order valence-electron chi connectivity index (χ2n) is 6.40. The van der Waals surface area contributed by atoms with E-state index in [0.29, 0.717) is 0 Å². The zero-order valence-electron chi connectivity index (χ0n) is 16.2. The molecule has 0 bridgehead atoms. The SMILES string of the molecule is CCCCCCCCCCCCCCCCCC(=O)[O-].[O-]B(O)O.[Zn+2]. The molecular weight excluding hydrogens is 372 g/mol. The molecule has 0 rings (SSSR count). The molecule has 0 aliphatic rings. The van der Waals surface area contributed by atoms with Crippen LogP contribution >= 0.6 is 0 Å². The van der Waals surface area contributed by atoms with E-state index in [9.17, 15) is 9.90 Å². The summed E-state index contributed by atoms with van der Waals surface area (Å²) in [4.78, 5) is 10.2. The summed E-state index contributed by atoms with van der Waals surface area (Å²) in [5.41, 5.74) is 0. The van der Waals surface area contributed by atoms with Crippen LogP contribution in [0.25, 0.3) is 0 Å². The monoisotopic (exact) mass is 408 g/mol. The van der Waals surface area contributed by atoms with E-state index < -0.39 is 13.3 Å². The van der Waals surface area contributed by atoms with Crippen LogP contribution in [-0.2, 0) is 24.3 Å². The first-order valence-corrected chi connectivity index (χ1v) is 9.72. The predicted octanol–water partition coefficient (Wildman–Crippen LogP) is 2.31. The molecule has 0 heterocycles. The third-order valence-electron chi connectivity index (χ3n) is 3.98. The number of carboxylic acids is 1. The molecule has 0 fully saturated rings. The number of carboxylic acid groups (broad SMARTS) is 1. The van der Waals surface area contributed by atoms with Crippen molar-refractivity contribution in [1.29, 1.82) is 0 Å². The van der Waals surface area contributed by atoms with Crippen molar-refractivity contribution in [3.8, 4) is 0 Å². The van der Waals surface area contributed by atoms with Gasteiger partial charge in [-0.3, -0.25) is 0 Å². The summed E-state index contributed by atoms with van der Waals surface area (Å²) in [5.74, 6) is -0.903. The van der Waals surface area contributed by atoms with Gasteiger partial charge >= 0.3 is 26.8 Å². The van der Waals surface area contributed by atoms with Gasteiger partial charge in [0.1, 0.15) is 0 Å². The van der Waals surface area contributed by atoms with Gasteiger partial charge in [0, 0.05) is 5.97 Å². The normalized spacial score (nSPS) is 9.76. The van der Waals surface area contributed by atoms with E-state index in [4.69, 9.17) is 15.1 Å². The maximum absolute atomic E-state index is 10.2. The molecule has 25 heavy (non-hydrogen) atoms. The van der Waals surface area contributed by atoms with Crippen molar-refractivity contribution >= 4 is 13.3 Å². The number of carbonyl (C=O) groups is 1. The fraction of sp³-hybridized carbons (Fsp3) is 0.944. The molecule has 144 valence electrons. The maximum atomic E-state index is 10.2. The molecule has 0 aromatic carbocycles. The van der Waals surface area contributed by atoms with Crippen LogP contribution in [0.1, 0.15) is 110 Å². The van der Waals surface area contributed by atoms with E-state index in [2.05, 4.69) is 6.92 Å². The standard InChI is InChI=1S/C18H36O2.BH2O3.Zn/c1-2-3-4-5-6-7-8-9-10-11-12-13-14-15-16-17-18(19)20;2-1(3)4;/h2-17H2,1H3,(H,19,20);2-3H;/q;-1;+2/p-1. The Morgan fingerprint density at radius 2 is 0.960 bits per heavy atom. The molecule has 0 aliphatic carbocycles. The molecule has 0 spiro atoms. The van der Waals surface area contributed by atoms with Gasteiger partial charge in [-0.05, 0) is 12.8 Å². The summed E-state index contributed by atoms with van der Waals surface area (Å²) >= 11 is 0. The Morgan fingerprint density at radius 1 is 0.720 bits per heavy atom. The van der Waals surface area contributed by atoms with Gasteiger partial charge in [0.05, 0.1) is 0 Å². The predicted molar refractivity (Wildman–Crippen MR) is 94.7 cm³/mol. The van der Waals surface area contributed by atoms with E-state index in [1.807, 2.05) is 0 Å². The van der Waals surface area contributed by atoms with Crippen molar-refractivity contribution in [2.45, 2.75) is 110 Å². The van der Waals surface area contributed by atoms with Gasteiger partial charge in [0.2, 0.25) is 0 Å². The fourth-order valence-corrected chi connectivity index (χ4v) is 2.64. The topological polar surface area (TPSA) is 104 Å². The minimum absolute atomic E-state index is 0. The number of aliphatic carboxylic acids is 1. The molecule has 0 unspecified atom stereocenters. The Hall–Kier alpha value is 0.0383. The zero-order chi connectivity index (χ0) is 18.5. The van der Waals surface area contributed by atoms with Crippen molar-refractivity contribution in [2.24, 2.45) is 0 Å². The van der Waals surface area contributed by atoms with Crippen LogP contribution < -0.4 is 10.1 Å². The molecule has 2 N–H and O–H groups in total. The fourth-order valence-electron chi connectivity index (χ4n) is 2.64. The van der Waals surface area contributed by atoms with Gasteiger partial charge in [-0.2, -0.15) is 0 Å². The molecule has 0 amide bonds. The Bertz CT molecular complexity index is 253. The summed E-state index contributed by atoms with van der Waals surface area (Å²) in [5, 5.41) is 33.0. The van der Waals surface area contributed by atoms with Crippen LogP contribution in [0.3, 0.4) is 0 Å². The molecule has 0 saturated carbocycles. The third kappa shape index (κ3) is 40.2. The van der Waals surface area contributed by atoms with Crippen molar-refractivity contribution < 1.29 is 44.5 Å². The molecule has 0 aromatic heterocycles. The number of unbranched alkanes of at least 4 members (excludes halogenated alkanes) is 14. The van der Waals surface area contributed by atoms with Crippen molar-refractivity contribution in [2.75, 3.05) is 0 Å². The first-order valence-electron chi connectivity index (χ1n) is 9.72. The van der Waals surface area contributed by atoms with Gasteiger partial charge < -0.3 is 25.0 Å². The van der Waals surface area contributed by atoms with Gasteiger partial charge in [0.25, 0.3) is 0 Å². The number of carbonyl (C=O) groups excluding carboxylic acids is 1. The molecule has 0 aliphatic heterocycles. The molecule has 0 radical (unpaired) electrons. The Kier molecular flexibility index (Phi) is 31.3. The number of hydrogen-bond donors (Lipinski definition) is 2. The van der Waals surface area contributed by atoms with Crippen molar-refractivity contribution in [3.63, 3.8) is 0 Å². The van der Waals surface area contributed by atoms with Crippen LogP contribution in [0.2, 0.25) is 0 Å². The second kappa shape index (κ2) is 26.3. The summed E-state index contributed by atoms with van der Waals surface area (Å²) in [7, 11) is -2.42. The van der Waals surface area contributed by atoms with Gasteiger partial charge in [-0.25, -0.2) is 0 Å². The van der Waals surface area contributed by atoms with Gasteiger partial charge in [-0.15, -0.1) is 0 Å². The van der Waals surface area contributed by atoms with Crippen molar-refractivity contribution in [1.82, 2.24) is 0 Å². The molecule has 5 nitrogen and oxygen atoms in total. The summed E-state index contributed by atoms with van der Waals surface area (Å²) in [6.07, 6.45) is 19.9. The van der Waals surface area contributed by atoms with Crippen LogP contribution in [-0.4, -0.2) is 23.3 Å². The Morgan fingerprint density at radius 3 is 1.20 bits per heavy atom. The maximum Gasteiger partial charge on any atom is 2.00 e. The minimum Gasteiger partial charge on any atom is -0.832 e. The van der Waals surface area contributed by atoms with Crippen molar-refractivity contribution in [3.05, 3.63) is 0 Å². The average Bonchev–Trinajstić information content (AvgIpc) is 2.50. The zero-order valence-corrected chi connectivity index (χ0v) is 19.2. The molecule has 0 atom stereocenters. The summed E-state index contributed by atoms with van der Waals surface area (Å²) in [6.45, 7) is 2.27. The first kappa shape index (κ1) is 29.8.